The normalized spacial score (nSPS) is 21.9. The van der Waals surface area contributed by atoms with Crippen molar-refractivity contribution >= 4 is 11.8 Å². The molecular weight excluding hydrogens is 364 g/mol. The zero-order valence-corrected chi connectivity index (χ0v) is 17.5. The summed E-state index contributed by atoms with van der Waals surface area (Å²) < 4.78 is 5.33. The fourth-order valence-corrected chi connectivity index (χ4v) is 5.03. The summed E-state index contributed by atoms with van der Waals surface area (Å²) in [6.07, 6.45) is 9.14. The molecule has 1 saturated carbocycles. The molecule has 1 aliphatic carbocycles. The molecule has 3 aliphatic rings. The Bertz CT molecular complexity index is 683. The molecule has 0 N–H and O–H groups in total. The number of carbonyl (C=O) groups excluding carboxylic acids is 2. The predicted molar refractivity (Wildman–Crippen MR) is 113 cm³/mol. The molecule has 4 rings (SSSR count). The van der Waals surface area contributed by atoms with E-state index in [2.05, 4.69) is 17.0 Å². The molecular formula is C24H34N2O3. The molecule has 0 atom stereocenters. The van der Waals surface area contributed by atoms with E-state index in [1.54, 1.807) is 0 Å². The van der Waals surface area contributed by atoms with Crippen molar-refractivity contribution < 1.29 is 14.3 Å². The van der Waals surface area contributed by atoms with E-state index in [-0.39, 0.29) is 11.8 Å². The van der Waals surface area contributed by atoms with Gasteiger partial charge in [0.05, 0.1) is 13.2 Å². The molecule has 0 aromatic heterocycles. The van der Waals surface area contributed by atoms with Crippen LogP contribution in [0.3, 0.4) is 0 Å². The fourth-order valence-electron chi connectivity index (χ4n) is 5.03. The van der Waals surface area contributed by atoms with Crippen molar-refractivity contribution in [2.24, 2.45) is 11.8 Å². The molecule has 2 saturated heterocycles. The molecule has 0 spiro atoms. The summed E-state index contributed by atoms with van der Waals surface area (Å²) in [5.74, 6) is 1.44. The van der Waals surface area contributed by atoms with Gasteiger partial charge in [0, 0.05) is 37.7 Å². The molecule has 2 amide bonds. The molecule has 2 heterocycles. The maximum absolute atomic E-state index is 12.7. The highest BCUT2D eigenvalue weighted by molar-refractivity contribution is 5.94. The van der Waals surface area contributed by atoms with Crippen LogP contribution in [0.1, 0.15) is 60.9 Å². The molecule has 0 bridgehead atoms. The number of nitrogens with zero attached hydrogens (tertiary/aromatic N) is 2. The number of ether oxygens (including phenoxy) is 1. The van der Waals surface area contributed by atoms with E-state index in [0.29, 0.717) is 38.1 Å². The van der Waals surface area contributed by atoms with E-state index in [4.69, 9.17) is 4.74 Å². The van der Waals surface area contributed by atoms with Gasteiger partial charge in [-0.3, -0.25) is 9.59 Å². The zero-order valence-electron chi connectivity index (χ0n) is 17.5. The largest absolute Gasteiger partial charge is 0.378 e. The Hall–Kier alpha value is -1.88. The maximum atomic E-state index is 12.7. The van der Waals surface area contributed by atoms with E-state index in [1.165, 1.54) is 24.8 Å². The minimum atomic E-state index is 0.106. The quantitative estimate of drug-likeness (QED) is 0.780. The van der Waals surface area contributed by atoms with Crippen LogP contribution in [0.4, 0.5) is 0 Å². The lowest BCUT2D eigenvalue weighted by Crippen LogP contribution is -2.42. The van der Waals surface area contributed by atoms with Gasteiger partial charge in [-0.2, -0.15) is 0 Å². The van der Waals surface area contributed by atoms with Crippen LogP contribution in [0, 0.1) is 11.8 Å². The topological polar surface area (TPSA) is 49.9 Å². The van der Waals surface area contributed by atoms with Crippen LogP contribution in [0.15, 0.2) is 24.3 Å². The first-order valence-corrected chi connectivity index (χ1v) is 11.5. The van der Waals surface area contributed by atoms with E-state index in [9.17, 15) is 9.59 Å². The van der Waals surface area contributed by atoms with E-state index in [0.717, 1.165) is 50.8 Å². The molecule has 5 nitrogen and oxygen atoms in total. The maximum Gasteiger partial charge on any atom is 0.254 e. The van der Waals surface area contributed by atoms with Crippen molar-refractivity contribution in [3.8, 4) is 0 Å². The number of morpholine rings is 1. The number of likely N-dealkylation sites (tertiary alicyclic amines) is 1. The van der Waals surface area contributed by atoms with Crippen LogP contribution in [0.2, 0.25) is 0 Å². The van der Waals surface area contributed by atoms with Crippen molar-refractivity contribution in [3.05, 3.63) is 35.4 Å². The van der Waals surface area contributed by atoms with Gasteiger partial charge in [0.15, 0.2) is 0 Å². The average Bonchev–Trinajstić information content (AvgIpc) is 2.80. The van der Waals surface area contributed by atoms with Crippen molar-refractivity contribution in [3.63, 3.8) is 0 Å². The monoisotopic (exact) mass is 398 g/mol. The first-order chi connectivity index (χ1) is 14.2. The van der Waals surface area contributed by atoms with Crippen LogP contribution in [0.5, 0.6) is 0 Å². The van der Waals surface area contributed by atoms with E-state index in [1.807, 2.05) is 17.0 Å². The SMILES string of the molecule is O=C(c1ccc(CC2CCN(C(=O)C3CCCCC3)CC2)cc1)N1CCOCC1. The first kappa shape index (κ1) is 20.4. The molecule has 158 valence electrons. The number of piperidine rings is 1. The summed E-state index contributed by atoms with van der Waals surface area (Å²) in [4.78, 5) is 29.3. The molecule has 3 fully saturated rings. The van der Waals surface area contributed by atoms with Gasteiger partial charge >= 0.3 is 0 Å². The Labute approximate surface area is 174 Å². The second-order valence-corrected chi connectivity index (χ2v) is 8.91. The average molecular weight is 399 g/mol. The second kappa shape index (κ2) is 9.75. The van der Waals surface area contributed by atoms with Gasteiger partial charge in [0.2, 0.25) is 5.91 Å². The van der Waals surface area contributed by atoms with Gasteiger partial charge in [0.25, 0.3) is 5.91 Å². The van der Waals surface area contributed by atoms with Crippen LogP contribution in [-0.2, 0) is 16.0 Å². The molecule has 2 aliphatic heterocycles. The van der Waals surface area contributed by atoms with Crippen LogP contribution >= 0.6 is 0 Å². The lowest BCUT2D eigenvalue weighted by Gasteiger charge is -2.35. The summed E-state index contributed by atoms with van der Waals surface area (Å²) in [7, 11) is 0. The highest BCUT2D eigenvalue weighted by Crippen LogP contribution is 2.28. The standard InChI is InChI=1S/C24H34N2O3/c27-23(21-4-2-1-3-5-21)25-12-10-20(11-13-25)18-19-6-8-22(9-7-19)24(28)26-14-16-29-17-15-26/h6-9,20-21H,1-5,10-18H2. The van der Waals surface area contributed by atoms with Crippen LogP contribution < -0.4 is 0 Å². The number of hydrogen-bond donors (Lipinski definition) is 0. The van der Waals surface area contributed by atoms with E-state index < -0.39 is 0 Å². The Kier molecular flexibility index (Phi) is 6.86. The molecule has 1 aromatic carbocycles. The van der Waals surface area contributed by atoms with Gasteiger partial charge in [0.1, 0.15) is 0 Å². The highest BCUT2D eigenvalue weighted by Gasteiger charge is 2.29. The van der Waals surface area contributed by atoms with E-state index >= 15 is 0 Å². The summed E-state index contributed by atoms with van der Waals surface area (Å²) in [6.45, 7) is 4.44. The van der Waals surface area contributed by atoms with Gasteiger partial charge in [-0.05, 0) is 55.7 Å². The molecule has 5 heteroatoms. The number of carbonyl (C=O) groups is 2. The molecule has 0 radical (unpaired) electrons. The lowest BCUT2D eigenvalue weighted by molar-refractivity contribution is -0.138. The fraction of sp³-hybridized carbons (Fsp3) is 0.667. The van der Waals surface area contributed by atoms with Crippen molar-refractivity contribution in [1.82, 2.24) is 9.80 Å². The van der Waals surface area contributed by atoms with Gasteiger partial charge < -0.3 is 14.5 Å². The summed E-state index contributed by atoms with van der Waals surface area (Å²) >= 11 is 0. The van der Waals surface area contributed by atoms with Crippen LogP contribution in [-0.4, -0.2) is 61.0 Å². The number of hydrogen-bond acceptors (Lipinski definition) is 3. The number of benzene rings is 1. The third kappa shape index (κ3) is 5.19. The summed E-state index contributed by atoms with van der Waals surface area (Å²) in [6, 6.07) is 8.14. The minimum absolute atomic E-state index is 0.106. The number of amides is 2. The smallest absolute Gasteiger partial charge is 0.254 e. The molecule has 1 aromatic rings. The second-order valence-electron chi connectivity index (χ2n) is 8.91. The predicted octanol–water partition coefficient (Wildman–Crippen LogP) is 3.52. The van der Waals surface area contributed by atoms with Crippen molar-refractivity contribution in [1.29, 1.82) is 0 Å². The third-order valence-electron chi connectivity index (χ3n) is 6.90. The van der Waals surface area contributed by atoms with Gasteiger partial charge in [-0.1, -0.05) is 31.4 Å². The molecule has 29 heavy (non-hydrogen) atoms. The number of rotatable bonds is 4. The van der Waals surface area contributed by atoms with Crippen molar-refractivity contribution in [2.75, 3.05) is 39.4 Å². The highest BCUT2D eigenvalue weighted by atomic mass is 16.5. The summed E-state index contributed by atoms with van der Waals surface area (Å²) in [5, 5.41) is 0. The Morgan fingerprint density at radius 1 is 0.828 bits per heavy atom. The van der Waals surface area contributed by atoms with Gasteiger partial charge in [-0.25, -0.2) is 0 Å². The van der Waals surface area contributed by atoms with Crippen LogP contribution in [0.25, 0.3) is 0 Å². The Morgan fingerprint density at radius 3 is 2.14 bits per heavy atom. The summed E-state index contributed by atoms with van der Waals surface area (Å²) in [5.41, 5.74) is 2.06. The zero-order chi connectivity index (χ0) is 20.1. The Morgan fingerprint density at radius 2 is 1.48 bits per heavy atom. The Balaban J connectivity index is 1.25. The third-order valence-corrected chi connectivity index (χ3v) is 6.90. The lowest BCUT2D eigenvalue weighted by atomic mass is 9.86. The molecule has 0 unspecified atom stereocenters. The van der Waals surface area contributed by atoms with Crippen molar-refractivity contribution in [2.45, 2.75) is 51.4 Å². The minimum Gasteiger partial charge on any atom is -0.378 e. The van der Waals surface area contributed by atoms with Gasteiger partial charge in [-0.15, -0.1) is 0 Å². The first-order valence-electron chi connectivity index (χ1n) is 11.5.